The zero-order valence-corrected chi connectivity index (χ0v) is 37.4. The summed E-state index contributed by atoms with van der Waals surface area (Å²) in [5, 5.41) is 5.70. The summed E-state index contributed by atoms with van der Waals surface area (Å²) < 4.78 is 6.57. The van der Waals surface area contributed by atoms with Gasteiger partial charge in [-0.1, -0.05) is 120 Å². The molecular weight excluding hydrogens is 887 g/mol. The van der Waals surface area contributed by atoms with Crippen molar-refractivity contribution in [1.29, 1.82) is 0 Å². The van der Waals surface area contributed by atoms with E-state index >= 15 is 0 Å². The molecule has 0 N–H and O–H groups in total. The van der Waals surface area contributed by atoms with E-state index in [1.165, 1.54) is 44.2 Å². The summed E-state index contributed by atoms with van der Waals surface area (Å²) in [4.78, 5) is 14.2. The molecule has 293 valence electrons. The predicted octanol–water partition coefficient (Wildman–Crippen LogP) is 14.2. The van der Waals surface area contributed by atoms with Gasteiger partial charge < -0.3 is 14.4 Å². The Morgan fingerprint density at radius 3 is 1.95 bits per heavy atom. The minimum Gasteiger partial charge on any atom is -0.498 e. The number of aromatic nitrogens is 3. The van der Waals surface area contributed by atoms with Gasteiger partial charge in [0.05, 0.1) is 5.58 Å². The van der Waals surface area contributed by atoms with Crippen molar-refractivity contribution in [2.24, 2.45) is 0 Å². The van der Waals surface area contributed by atoms with Crippen LogP contribution < -0.4 is 0 Å². The third-order valence-corrected chi connectivity index (χ3v) is 11.0. The minimum absolute atomic E-state index is 0. The fourth-order valence-electron chi connectivity index (χ4n) is 7.45. The first-order valence-electron chi connectivity index (χ1n) is 19.7. The number of aryl methyl sites for hydroxylation is 4. The fraction of sp³-hybridized carbons (Fsp3) is 0.226. The maximum atomic E-state index is 6.57. The maximum absolute atomic E-state index is 6.57. The Balaban J connectivity index is 0.000000240. The summed E-state index contributed by atoms with van der Waals surface area (Å²) in [6, 6.07) is 43.1. The molecule has 5 heteroatoms. The number of pyridine rings is 3. The molecule has 9 aromatic rings. The van der Waals surface area contributed by atoms with Gasteiger partial charge in [0.2, 0.25) is 0 Å². The maximum Gasteiger partial charge on any atom is 0.147 e. The topological polar surface area (TPSA) is 51.8 Å². The largest absolute Gasteiger partial charge is 0.498 e. The third kappa shape index (κ3) is 7.99. The summed E-state index contributed by atoms with van der Waals surface area (Å²) in [5.74, 6) is 0. The van der Waals surface area contributed by atoms with Gasteiger partial charge in [0.15, 0.2) is 0 Å². The van der Waals surface area contributed by atoms with Crippen LogP contribution in [-0.4, -0.2) is 15.0 Å². The molecular formula is C53H49IrN3O-2. The van der Waals surface area contributed by atoms with E-state index in [0.29, 0.717) is 0 Å². The summed E-state index contributed by atoms with van der Waals surface area (Å²) in [6.45, 7) is 21.8. The Morgan fingerprint density at radius 1 is 0.552 bits per heavy atom. The second-order valence-electron chi connectivity index (χ2n) is 17.5. The first-order valence-corrected chi connectivity index (χ1v) is 19.7. The van der Waals surface area contributed by atoms with Crippen LogP contribution in [-0.2, 0) is 30.9 Å². The molecule has 9 rings (SSSR count). The van der Waals surface area contributed by atoms with Crippen molar-refractivity contribution in [3.05, 3.63) is 161 Å². The second-order valence-corrected chi connectivity index (χ2v) is 17.5. The SMILES string of the molecule is Cc1c[c-]c(-c2ccc(C(C)(C)C)cn2)cc1.Cc1ccc2ccc3c4cc[c-]c(-c5cc(-c6cc7ccc(C(C)(C)C)cc7cc6C)c(C)cn5)c4oc3c2n1.[Ir]. The number of furan rings is 1. The number of benzene rings is 5. The van der Waals surface area contributed by atoms with E-state index in [1.54, 1.807) is 0 Å². The zero-order chi connectivity index (χ0) is 40.2. The molecule has 0 aliphatic rings. The van der Waals surface area contributed by atoms with Crippen LogP contribution in [0.2, 0.25) is 0 Å². The van der Waals surface area contributed by atoms with Crippen LogP contribution in [0, 0.1) is 39.8 Å². The molecule has 4 nitrogen and oxygen atoms in total. The summed E-state index contributed by atoms with van der Waals surface area (Å²) in [6.07, 6.45) is 3.93. The molecule has 0 spiro atoms. The van der Waals surface area contributed by atoms with Crippen LogP contribution >= 0.6 is 0 Å². The van der Waals surface area contributed by atoms with E-state index in [4.69, 9.17) is 14.4 Å². The summed E-state index contributed by atoms with van der Waals surface area (Å²) in [5.41, 5.74) is 16.1. The first-order chi connectivity index (χ1) is 27.1. The van der Waals surface area contributed by atoms with E-state index in [9.17, 15) is 0 Å². The van der Waals surface area contributed by atoms with Crippen LogP contribution in [0.5, 0.6) is 0 Å². The van der Waals surface area contributed by atoms with Crippen LogP contribution in [0.4, 0.5) is 0 Å². The minimum atomic E-state index is 0. The monoisotopic (exact) mass is 936 g/mol. The van der Waals surface area contributed by atoms with Crippen molar-refractivity contribution < 1.29 is 24.5 Å². The molecule has 0 unspecified atom stereocenters. The van der Waals surface area contributed by atoms with Crippen LogP contribution in [0.1, 0.15) is 75.1 Å². The van der Waals surface area contributed by atoms with Gasteiger partial charge in [0.25, 0.3) is 0 Å². The van der Waals surface area contributed by atoms with E-state index in [0.717, 1.165) is 66.6 Å². The Morgan fingerprint density at radius 2 is 1.24 bits per heavy atom. The molecule has 0 aliphatic carbocycles. The molecule has 4 heterocycles. The van der Waals surface area contributed by atoms with Gasteiger partial charge in [-0.25, -0.2) is 4.98 Å². The Hall–Kier alpha value is -5.48. The molecule has 0 atom stereocenters. The number of fused-ring (bicyclic) bond motifs is 6. The zero-order valence-electron chi connectivity index (χ0n) is 35.1. The Kier molecular flexibility index (Phi) is 11.0. The Labute approximate surface area is 356 Å². The molecule has 0 amide bonds. The van der Waals surface area contributed by atoms with Gasteiger partial charge in [0, 0.05) is 49.0 Å². The van der Waals surface area contributed by atoms with Crippen molar-refractivity contribution in [3.63, 3.8) is 0 Å². The van der Waals surface area contributed by atoms with E-state index < -0.39 is 0 Å². The average molecular weight is 936 g/mol. The smallest absolute Gasteiger partial charge is 0.147 e. The van der Waals surface area contributed by atoms with Gasteiger partial charge in [-0.15, -0.1) is 53.6 Å². The van der Waals surface area contributed by atoms with Crippen LogP contribution in [0.15, 0.2) is 120 Å². The van der Waals surface area contributed by atoms with Crippen LogP contribution in [0.3, 0.4) is 0 Å². The number of nitrogens with zero attached hydrogens (tertiary/aromatic N) is 3. The molecule has 0 bridgehead atoms. The molecule has 0 saturated carbocycles. The molecule has 0 aliphatic heterocycles. The third-order valence-electron chi connectivity index (χ3n) is 11.0. The van der Waals surface area contributed by atoms with Gasteiger partial charge in [-0.05, 0) is 99.3 Å². The van der Waals surface area contributed by atoms with Crippen molar-refractivity contribution in [3.8, 4) is 33.6 Å². The second kappa shape index (κ2) is 15.7. The molecule has 0 saturated heterocycles. The number of hydrogen-bond donors (Lipinski definition) is 0. The fourth-order valence-corrected chi connectivity index (χ4v) is 7.45. The van der Waals surface area contributed by atoms with Crippen molar-refractivity contribution >= 4 is 43.6 Å². The van der Waals surface area contributed by atoms with Gasteiger partial charge in [0.1, 0.15) is 11.1 Å². The molecule has 1 radical (unpaired) electrons. The van der Waals surface area contributed by atoms with Crippen molar-refractivity contribution in [2.45, 2.75) is 80.1 Å². The van der Waals surface area contributed by atoms with E-state index in [2.05, 4.69) is 164 Å². The van der Waals surface area contributed by atoms with Crippen molar-refractivity contribution in [1.82, 2.24) is 15.0 Å². The Bertz CT molecular complexity index is 2950. The average Bonchev–Trinajstić information content (AvgIpc) is 3.57. The quantitative estimate of drug-likeness (QED) is 0.166. The summed E-state index contributed by atoms with van der Waals surface area (Å²) in [7, 11) is 0. The normalized spacial score (nSPS) is 11.8. The molecule has 5 aromatic carbocycles. The number of hydrogen-bond acceptors (Lipinski definition) is 4. The molecule has 58 heavy (non-hydrogen) atoms. The van der Waals surface area contributed by atoms with Gasteiger partial charge in [-0.3, -0.25) is 0 Å². The van der Waals surface area contributed by atoms with Gasteiger partial charge in [-0.2, -0.15) is 0 Å². The molecule has 0 fully saturated rings. The predicted molar refractivity (Wildman–Crippen MR) is 239 cm³/mol. The van der Waals surface area contributed by atoms with Crippen molar-refractivity contribution in [2.75, 3.05) is 0 Å². The van der Waals surface area contributed by atoms with E-state index in [-0.39, 0.29) is 30.9 Å². The molecule has 4 aromatic heterocycles. The summed E-state index contributed by atoms with van der Waals surface area (Å²) >= 11 is 0. The number of rotatable bonds is 3. The first kappa shape index (κ1) is 40.7. The van der Waals surface area contributed by atoms with Gasteiger partial charge >= 0.3 is 0 Å². The standard InChI is InChI=1S/C37H31N2O.C16H18N.Ir/c1-21-16-26-17-27(37(4,5)6)14-12-25(26)18-31(21)32-19-33(38-20-22(32)2)30-9-7-8-28-29-15-13-24-11-10-23(3)39-34(24)36(29)40-35(28)30;1-12-5-7-13(8-6-12)15-10-9-14(11-17-15)16(2,3)4;/h7-8,10-20H,1-6H3;5-7,9-11H,1-4H3;/q2*-1;. The van der Waals surface area contributed by atoms with E-state index in [1.807, 2.05) is 37.5 Å². The van der Waals surface area contributed by atoms with Crippen LogP contribution in [0.25, 0.3) is 77.3 Å².